The average Bonchev–Trinajstić information content (AvgIpc) is 2.72. The third-order valence-corrected chi connectivity index (χ3v) is 7.63. The number of aryl methyl sites for hydroxylation is 1. The van der Waals surface area contributed by atoms with Crippen molar-refractivity contribution in [2.75, 3.05) is 6.61 Å². The van der Waals surface area contributed by atoms with E-state index in [1.165, 1.54) is 18.2 Å². The van der Waals surface area contributed by atoms with Crippen molar-refractivity contribution in [3.63, 3.8) is 0 Å². The molecule has 4 aliphatic rings. The number of amides is 1. The summed E-state index contributed by atoms with van der Waals surface area (Å²) in [4.78, 5) is 25.5. The fourth-order valence-electron chi connectivity index (χ4n) is 5.56. The molecule has 33 heavy (non-hydrogen) atoms. The summed E-state index contributed by atoms with van der Waals surface area (Å²) in [6, 6.07) is 9.55. The number of benzene rings is 2. The first kappa shape index (κ1) is 22.5. The Morgan fingerprint density at radius 1 is 1.15 bits per heavy atom. The highest BCUT2D eigenvalue weighted by Crippen LogP contribution is 2.69. The summed E-state index contributed by atoms with van der Waals surface area (Å²) in [7, 11) is 0. The minimum Gasteiger partial charge on any atom is -0.486 e. The molecule has 1 amide bonds. The summed E-state index contributed by atoms with van der Waals surface area (Å²) in [5, 5.41) is 3.86. The molecule has 3 saturated carbocycles. The van der Waals surface area contributed by atoms with Crippen LogP contribution >= 0.6 is 23.2 Å². The summed E-state index contributed by atoms with van der Waals surface area (Å²) in [6.45, 7) is 1.71. The van der Waals surface area contributed by atoms with E-state index >= 15 is 0 Å². The van der Waals surface area contributed by atoms with Crippen molar-refractivity contribution in [1.29, 1.82) is 0 Å². The zero-order chi connectivity index (χ0) is 23.4. The molecule has 1 unspecified atom stereocenters. The van der Waals surface area contributed by atoms with Crippen molar-refractivity contribution in [2.24, 2.45) is 5.41 Å². The molecular formula is C25H24Cl2FNO4. The quantitative estimate of drug-likeness (QED) is 0.571. The molecule has 2 aromatic carbocycles. The molecular weight excluding hydrogens is 468 g/mol. The van der Waals surface area contributed by atoms with Gasteiger partial charge in [-0.3, -0.25) is 9.59 Å². The maximum atomic E-state index is 13.5. The molecule has 5 nitrogen and oxygen atoms in total. The lowest BCUT2D eigenvalue weighted by Gasteiger charge is -2.71. The van der Waals surface area contributed by atoms with Gasteiger partial charge in [-0.05, 0) is 73.9 Å². The van der Waals surface area contributed by atoms with Crippen LogP contribution in [-0.2, 0) is 16.0 Å². The van der Waals surface area contributed by atoms with Gasteiger partial charge in [0.25, 0.3) is 5.91 Å². The van der Waals surface area contributed by atoms with Gasteiger partial charge in [0.2, 0.25) is 0 Å². The molecule has 3 aliphatic carbocycles. The Labute approximate surface area is 201 Å². The van der Waals surface area contributed by atoms with Crippen LogP contribution in [0.1, 0.15) is 44.6 Å². The first-order valence-electron chi connectivity index (χ1n) is 11.0. The molecule has 0 aromatic heterocycles. The Morgan fingerprint density at radius 2 is 1.91 bits per heavy atom. The molecule has 2 bridgehead atoms. The first-order valence-corrected chi connectivity index (χ1v) is 11.7. The van der Waals surface area contributed by atoms with Gasteiger partial charge in [0, 0.05) is 29.5 Å². The predicted molar refractivity (Wildman–Crippen MR) is 122 cm³/mol. The van der Waals surface area contributed by atoms with Crippen LogP contribution in [0.3, 0.4) is 0 Å². The van der Waals surface area contributed by atoms with Gasteiger partial charge in [-0.25, -0.2) is 4.39 Å². The molecule has 1 N–H and O–H groups in total. The second kappa shape index (κ2) is 7.88. The number of hydrogen-bond donors (Lipinski definition) is 1. The second-order valence-corrected chi connectivity index (χ2v) is 10.8. The summed E-state index contributed by atoms with van der Waals surface area (Å²) in [5.74, 6) is 0.236. The Kier molecular flexibility index (Phi) is 5.37. The van der Waals surface area contributed by atoms with Crippen molar-refractivity contribution >= 4 is 34.9 Å². The zero-order valence-corrected chi connectivity index (χ0v) is 19.7. The van der Waals surface area contributed by atoms with Gasteiger partial charge in [-0.2, -0.15) is 0 Å². The first-order chi connectivity index (χ1) is 15.6. The van der Waals surface area contributed by atoms with E-state index in [0.29, 0.717) is 23.6 Å². The lowest BCUT2D eigenvalue weighted by molar-refractivity contribution is -0.179. The van der Waals surface area contributed by atoms with Crippen LogP contribution in [0.4, 0.5) is 4.39 Å². The number of ether oxygens (including phenoxy) is 2. The summed E-state index contributed by atoms with van der Waals surface area (Å²) >= 11 is 11.7. The SMILES string of the molecule is CC1(C(=O)NC23CC(CC(=O)COc4ccc(Cl)c(F)c4)(C2)C3)CCc2cc(Cl)ccc2O1. The minimum absolute atomic E-state index is 0.0102. The van der Waals surface area contributed by atoms with Gasteiger partial charge in [0.05, 0.1) is 5.02 Å². The van der Waals surface area contributed by atoms with Crippen LogP contribution in [0.2, 0.25) is 10.0 Å². The number of carbonyl (C=O) groups is 2. The number of rotatable bonds is 7. The Balaban J connectivity index is 1.11. The molecule has 2 aromatic rings. The molecule has 0 radical (unpaired) electrons. The number of fused-ring (bicyclic) bond motifs is 1. The summed E-state index contributed by atoms with van der Waals surface area (Å²) in [6.07, 6.45) is 4.01. The molecule has 0 saturated heterocycles. The fraction of sp³-hybridized carbons (Fsp3) is 0.440. The lowest BCUT2D eigenvalue weighted by Crippen LogP contribution is -2.76. The lowest BCUT2D eigenvalue weighted by atomic mass is 9.38. The van der Waals surface area contributed by atoms with Crippen molar-refractivity contribution in [3.05, 3.63) is 57.8 Å². The molecule has 174 valence electrons. The highest BCUT2D eigenvalue weighted by Gasteiger charge is 2.69. The summed E-state index contributed by atoms with van der Waals surface area (Å²) < 4.78 is 25.0. The second-order valence-electron chi connectivity index (χ2n) is 9.93. The maximum absolute atomic E-state index is 13.5. The highest BCUT2D eigenvalue weighted by atomic mass is 35.5. The van der Waals surface area contributed by atoms with Gasteiger partial charge >= 0.3 is 0 Å². The Morgan fingerprint density at radius 3 is 2.64 bits per heavy atom. The third kappa shape index (κ3) is 4.19. The van der Waals surface area contributed by atoms with Crippen molar-refractivity contribution in [3.8, 4) is 11.5 Å². The van der Waals surface area contributed by atoms with E-state index in [-0.39, 0.29) is 40.0 Å². The van der Waals surface area contributed by atoms with Gasteiger partial charge in [0.1, 0.15) is 23.9 Å². The van der Waals surface area contributed by atoms with Gasteiger partial charge in [-0.15, -0.1) is 0 Å². The van der Waals surface area contributed by atoms with Gasteiger partial charge in [0.15, 0.2) is 11.4 Å². The fourth-order valence-corrected chi connectivity index (χ4v) is 5.87. The summed E-state index contributed by atoms with van der Waals surface area (Å²) in [5.41, 5.74) is -0.235. The number of nitrogens with one attached hydrogen (secondary N) is 1. The van der Waals surface area contributed by atoms with Crippen molar-refractivity contribution < 1.29 is 23.5 Å². The Bertz CT molecular complexity index is 1130. The predicted octanol–water partition coefficient (Wildman–Crippen LogP) is 5.29. The number of hydrogen-bond acceptors (Lipinski definition) is 4. The van der Waals surface area contributed by atoms with Crippen molar-refractivity contribution in [1.82, 2.24) is 5.32 Å². The van der Waals surface area contributed by atoms with E-state index in [0.717, 1.165) is 31.2 Å². The largest absolute Gasteiger partial charge is 0.486 e. The molecule has 1 heterocycles. The number of carbonyl (C=O) groups excluding carboxylic acids is 2. The number of halogens is 3. The van der Waals surface area contributed by atoms with Crippen LogP contribution < -0.4 is 14.8 Å². The number of ketones is 1. The zero-order valence-electron chi connectivity index (χ0n) is 18.2. The van der Waals surface area contributed by atoms with E-state index in [2.05, 4.69) is 5.32 Å². The van der Waals surface area contributed by atoms with E-state index in [4.69, 9.17) is 32.7 Å². The standard InChI is InChI=1S/C25H24Cl2FNO4/c1-23(7-6-15-8-16(26)2-5-21(15)33-23)22(31)29-25-12-24(13-25,14-25)10-17(30)11-32-18-3-4-19(27)20(28)9-18/h2-5,8-9H,6-7,10-14H2,1H3,(H,29,31). The van der Waals surface area contributed by atoms with Gasteiger partial charge < -0.3 is 14.8 Å². The smallest absolute Gasteiger partial charge is 0.264 e. The Hall–Kier alpha value is -2.31. The van der Waals surface area contributed by atoms with Gasteiger partial charge in [-0.1, -0.05) is 23.2 Å². The molecule has 6 rings (SSSR count). The van der Waals surface area contributed by atoms with Crippen LogP contribution in [0.5, 0.6) is 11.5 Å². The van der Waals surface area contributed by atoms with Crippen LogP contribution in [0.25, 0.3) is 0 Å². The van der Waals surface area contributed by atoms with E-state index < -0.39 is 11.4 Å². The highest BCUT2D eigenvalue weighted by molar-refractivity contribution is 6.31. The van der Waals surface area contributed by atoms with E-state index in [1.54, 1.807) is 6.07 Å². The van der Waals surface area contributed by atoms with E-state index in [1.807, 2.05) is 19.1 Å². The van der Waals surface area contributed by atoms with Crippen molar-refractivity contribution in [2.45, 2.75) is 56.6 Å². The molecule has 1 aliphatic heterocycles. The molecule has 8 heteroatoms. The average molecular weight is 492 g/mol. The normalized spacial score (nSPS) is 29.1. The maximum Gasteiger partial charge on any atom is 0.264 e. The monoisotopic (exact) mass is 491 g/mol. The minimum atomic E-state index is -0.930. The van der Waals surface area contributed by atoms with Crippen LogP contribution in [0.15, 0.2) is 36.4 Å². The third-order valence-electron chi connectivity index (χ3n) is 7.09. The van der Waals surface area contributed by atoms with Crippen LogP contribution in [0, 0.1) is 11.2 Å². The molecule has 0 spiro atoms. The topological polar surface area (TPSA) is 64.6 Å². The molecule has 1 atom stereocenters. The van der Waals surface area contributed by atoms with E-state index in [9.17, 15) is 14.0 Å². The van der Waals surface area contributed by atoms with Crippen LogP contribution in [-0.4, -0.2) is 29.4 Å². The number of Topliss-reactive ketones (excluding diaryl/α,β-unsaturated/α-hetero) is 1. The molecule has 3 fully saturated rings.